The van der Waals surface area contributed by atoms with Gasteiger partial charge in [0.05, 0.1) is 10.6 Å². The zero-order valence-corrected chi connectivity index (χ0v) is 18.6. The second-order valence-corrected chi connectivity index (χ2v) is 10.5. The number of carbonyl (C=O) groups is 1. The van der Waals surface area contributed by atoms with Crippen LogP contribution in [0, 0.1) is 0 Å². The van der Waals surface area contributed by atoms with Gasteiger partial charge in [-0.3, -0.25) is 10.1 Å². The summed E-state index contributed by atoms with van der Waals surface area (Å²) in [6.07, 6.45) is 1.83. The second-order valence-electron chi connectivity index (χ2n) is 6.59. The number of hydrogen-bond acceptors (Lipinski definition) is 7. The molecule has 0 spiro atoms. The monoisotopic (exact) mass is 486 g/mol. The van der Waals surface area contributed by atoms with Crippen molar-refractivity contribution in [2.24, 2.45) is 0 Å². The highest BCUT2D eigenvalue weighted by Gasteiger charge is 2.38. The first-order valence-corrected chi connectivity index (χ1v) is 12.1. The number of thiophene rings is 1. The molecule has 8 nitrogen and oxygen atoms in total. The molecule has 1 aliphatic rings. The average Bonchev–Trinajstić information content (AvgIpc) is 3.41. The van der Waals surface area contributed by atoms with E-state index in [1.165, 1.54) is 16.4 Å². The summed E-state index contributed by atoms with van der Waals surface area (Å²) in [6.45, 7) is 0.272. The lowest BCUT2D eigenvalue weighted by molar-refractivity contribution is -0.120. The molecule has 4 rings (SSSR count). The zero-order chi connectivity index (χ0) is 21.3. The molecule has 1 N–H and O–H groups in total. The van der Waals surface area contributed by atoms with Gasteiger partial charge in [0, 0.05) is 11.6 Å². The van der Waals surface area contributed by atoms with E-state index in [-0.39, 0.29) is 22.7 Å². The lowest BCUT2D eigenvalue weighted by Gasteiger charge is -2.32. The smallest absolute Gasteiger partial charge is 0.322 e. The fourth-order valence-electron chi connectivity index (χ4n) is 3.21. The third-order valence-electron chi connectivity index (χ3n) is 4.63. The number of halogens is 2. The van der Waals surface area contributed by atoms with Crippen LogP contribution < -0.4 is 5.32 Å². The van der Waals surface area contributed by atoms with Gasteiger partial charge in [-0.1, -0.05) is 40.8 Å². The van der Waals surface area contributed by atoms with E-state index in [1.807, 2.05) is 0 Å². The van der Waals surface area contributed by atoms with Crippen LogP contribution in [-0.4, -0.2) is 41.4 Å². The molecule has 1 aliphatic heterocycles. The highest BCUT2D eigenvalue weighted by atomic mass is 35.5. The number of sulfonamides is 1. The van der Waals surface area contributed by atoms with E-state index < -0.39 is 22.0 Å². The number of nitrogens with zero attached hydrogens (tertiary/aromatic N) is 3. The van der Waals surface area contributed by atoms with E-state index in [0.29, 0.717) is 28.5 Å². The average molecular weight is 487 g/mol. The van der Waals surface area contributed by atoms with Crippen LogP contribution in [0.15, 0.2) is 44.3 Å². The summed E-state index contributed by atoms with van der Waals surface area (Å²) in [7, 11) is -3.76. The molecular weight excluding hydrogens is 471 g/mol. The van der Waals surface area contributed by atoms with Crippen LogP contribution in [-0.2, 0) is 14.8 Å². The number of rotatable bonds is 5. The Balaban J connectivity index is 1.53. The number of carbonyl (C=O) groups excluding carboxylic acids is 1. The SMILES string of the molecule is O=C(Nc1nnc(-c2ccc(Cl)cc2Cl)o1)C1CCCCN1S(=O)(=O)c1cccs1. The van der Waals surface area contributed by atoms with Crippen molar-refractivity contribution in [2.75, 3.05) is 11.9 Å². The quantitative estimate of drug-likeness (QED) is 0.576. The molecule has 1 atom stereocenters. The van der Waals surface area contributed by atoms with Crippen molar-refractivity contribution >= 4 is 56.5 Å². The molecule has 1 aromatic carbocycles. The van der Waals surface area contributed by atoms with Gasteiger partial charge in [-0.15, -0.1) is 16.4 Å². The Morgan fingerprint density at radius 2 is 2.07 bits per heavy atom. The highest BCUT2D eigenvalue weighted by molar-refractivity contribution is 7.91. The zero-order valence-electron chi connectivity index (χ0n) is 15.4. The van der Waals surface area contributed by atoms with Crippen molar-refractivity contribution in [1.29, 1.82) is 0 Å². The van der Waals surface area contributed by atoms with Crippen molar-refractivity contribution in [2.45, 2.75) is 29.5 Å². The summed E-state index contributed by atoms with van der Waals surface area (Å²) in [5, 5.41) is 12.7. The van der Waals surface area contributed by atoms with Crippen LogP contribution in [0.4, 0.5) is 6.01 Å². The van der Waals surface area contributed by atoms with Crippen molar-refractivity contribution in [1.82, 2.24) is 14.5 Å². The molecule has 1 saturated heterocycles. The Bertz CT molecular complexity index is 1160. The maximum Gasteiger partial charge on any atom is 0.322 e. The molecule has 12 heteroatoms. The highest BCUT2D eigenvalue weighted by Crippen LogP contribution is 2.31. The molecule has 1 amide bonds. The fourth-order valence-corrected chi connectivity index (χ4v) is 6.48. The van der Waals surface area contributed by atoms with Gasteiger partial charge in [0.25, 0.3) is 15.9 Å². The van der Waals surface area contributed by atoms with Crippen molar-refractivity contribution in [3.63, 3.8) is 0 Å². The standard InChI is InChI=1S/C18H16Cl2N4O4S2/c19-11-6-7-12(13(20)10-11)17-22-23-18(28-17)21-16(25)14-4-1-2-8-24(14)30(26,27)15-5-3-9-29-15/h3,5-7,9-10,14H,1-2,4,8H2,(H,21,23,25). The minimum absolute atomic E-state index is 0.110. The van der Waals surface area contributed by atoms with Crippen molar-refractivity contribution in [3.8, 4) is 11.5 Å². The predicted molar refractivity (Wildman–Crippen MR) is 114 cm³/mol. The summed E-state index contributed by atoms with van der Waals surface area (Å²) in [5.74, 6) is -0.411. The first-order valence-electron chi connectivity index (χ1n) is 9.01. The first-order chi connectivity index (χ1) is 14.4. The normalized spacial score (nSPS) is 17.7. The lowest BCUT2D eigenvalue weighted by atomic mass is 10.0. The molecule has 158 valence electrons. The third-order valence-corrected chi connectivity index (χ3v) is 8.46. The molecule has 0 saturated carbocycles. The van der Waals surface area contributed by atoms with Gasteiger partial charge < -0.3 is 4.42 Å². The van der Waals surface area contributed by atoms with E-state index in [9.17, 15) is 13.2 Å². The lowest BCUT2D eigenvalue weighted by Crippen LogP contribution is -2.49. The number of aromatic nitrogens is 2. The van der Waals surface area contributed by atoms with Gasteiger partial charge >= 0.3 is 6.01 Å². The number of anilines is 1. The third kappa shape index (κ3) is 4.23. The van der Waals surface area contributed by atoms with Gasteiger partial charge in [0.2, 0.25) is 5.91 Å². The number of benzene rings is 1. The molecule has 30 heavy (non-hydrogen) atoms. The van der Waals surface area contributed by atoms with Crippen LogP contribution >= 0.6 is 34.5 Å². The summed E-state index contributed by atoms with van der Waals surface area (Å²) in [6, 6.07) is 6.99. The Hall–Kier alpha value is -1.98. The topological polar surface area (TPSA) is 105 Å². The van der Waals surface area contributed by atoms with Crippen LogP contribution in [0.5, 0.6) is 0 Å². The summed E-state index contributed by atoms with van der Waals surface area (Å²) >= 11 is 13.2. The molecule has 3 heterocycles. The molecule has 0 bridgehead atoms. The van der Waals surface area contributed by atoms with E-state index in [4.69, 9.17) is 27.6 Å². The Morgan fingerprint density at radius 1 is 1.23 bits per heavy atom. The summed E-state index contributed by atoms with van der Waals surface area (Å²) in [5.41, 5.74) is 0.466. The minimum atomic E-state index is -3.76. The van der Waals surface area contributed by atoms with E-state index in [2.05, 4.69) is 15.5 Å². The Morgan fingerprint density at radius 3 is 2.80 bits per heavy atom. The molecule has 2 aromatic heterocycles. The van der Waals surface area contributed by atoms with Crippen molar-refractivity contribution < 1.29 is 17.6 Å². The van der Waals surface area contributed by atoms with Gasteiger partial charge in [-0.05, 0) is 42.5 Å². The van der Waals surface area contributed by atoms with Gasteiger partial charge in [0.15, 0.2) is 0 Å². The van der Waals surface area contributed by atoms with Gasteiger partial charge in [0.1, 0.15) is 10.3 Å². The van der Waals surface area contributed by atoms with Crippen LogP contribution in [0.2, 0.25) is 10.0 Å². The van der Waals surface area contributed by atoms with E-state index in [1.54, 1.807) is 23.6 Å². The van der Waals surface area contributed by atoms with E-state index in [0.717, 1.165) is 17.8 Å². The van der Waals surface area contributed by atoms with Crippen molar-refractivity contribution in [3.05, 3.63) is 45.8 Å². The summed E-state index contributed by atoms with van der Waals surface area (Å²) in [4.78, 5) is 12.9. The number of hydrogen-bond donors (Lipinski definition) is 1. The minimum Gasteiger partial charge on any atom is -0.403 e. The predicted octanol–water partition coefficient (Wildman–Crippen LogP) is 4.29. The van der Waals surface area contributed by atoms with Crippen LogP contribution in [0.25, 0.3) is 11.5 Å². The Labute approximate surface area is 186 Å². The fraction of sp³-hybridized carbons (Fsp3) is 0.278. The molecule has 0 aliphatic carbocycles. The number of amides is 1. The van der Waals surface area contributed by atoms with Gasteiger partial charge in [-0.2, -0.15) is 4.31 Å². The molecule has 1 fully saturated rings. The second kappa shape index (κ2) is 8.64. The Kier molecular flexibility index (Phi) is 6.12. The molecule has 1 unspecified atom stereocenters. The van der Waals surface area contributed by atoms with Gasteiger partial charge in [-0.25, -0.2) is 8.42 Å². The first kappa shape index (κ1) is 21.3. The van der Waals surface area contributed by atoms with Crippen LogP contribution in [0.3, 0.4) is 0 Å². The molecule has 0 radical (unpaired) electrons. The maximum absolute atomic E-state index is 12.9. The molecular formula is C18H16Cl2N4O4S2. The van der Waals surface area contributed by atoms with E-state index >= 15 is 0 Å². The maximum atomic E-state index is 12.9. The number of nitrogens with one attached hydrogen (secondary N) is 1. The summed E-state index contributed by atoms with van der Waals surface area (Å²) < 4.78 is 32.8. The van der Waals surface area contributed by atoms with Crippen LogP contribution in [0.1, 0.15) is 19.3 Å². The molecule has 3 aromatic rings. The largest absolute Gasteiger partial charge is 0.403 e. The number of piperidine rings is 1.